The number of rotatable bonds is 5. The molecule has 212 valence electrons. The molecule has 4 rings (SSSR count). The van der Waals surface area contributed by atoms with E-state index in [1.165, 1.54) is 81.2 Å². The van der Waals surface area contributed by atoms with Crippen LogP contribution in [0.15, 0.2) is 35.7 Å². The molecule has 4 saturated carbocycles. The van der Waals surface area contributed by atoms with E-state index in [9.17, 15) is 0 Å². The average molecular weight is 510 g/mol. The summed E-state index contributed by atoms with van der Waals surface area (Å²) in [6, 6.07) is 0. The standard InChI is InChI=1S/C30H49N.2C2H6.C2H2/c1-8-29(6)17-15-24-23(19-29)11-12-26-25(24)16-18-30(7)27(13-14-28(26)30)22(5)31-21(4)10-9-20(2)3;3*1-2/h9-10,23-28,31H,5,8,11-19H2,1-4,6-7H3;2*1-2H3;1-2H/b21-10+;;;/t23?,24?,25-,26?,27?,28?,29+,30?;;;/m1.../s1. The van der Waals surface area contributed by atoms with E-state index in [-0.39, 0.29) is 0 Å². The first-order valence-electron chi connectivity index (χ1n) is 15.8. The van der Waals surface area contributed by atoms with Gasteiger partial charge in [-0.25, -0.2) is 0 Å². The first kappa shape index (κ1) is 33.6. The Bertz CT molecular complexity index is 780. The van der Waals surface area contributed by atoms with Crippen LogP contribution in [0.3, 0.4) is 0 Å². The van der Waals surface area contributed by atoms with Crippen LogP contribution in [0.2, 0.25) is 0 Å². The first-order chi connectivity index (χ1) is 17.7. The van der Waals surface area contributed by atoms with Gasteiger partial charge in [0.15, 0.2) is 0 Å². The molecule has 0 saturated heterocycles. The van der Waals surface area contributed by atoms with Crippen molar-refractivity contribution in [2.45, 2.75) is 133 Å². The maximum atomic E-state index is 4.56. The molecule has 0 aromatic heterocycles. The monoisotopic (exact) mass is 509 g/mol. The van der Waals surface area contributed by atoms with Crippen molar-refractivity contribution in [1.82, 2.24) is 5.32 Å². The van der Waals surface area contributed by atoms with Crippen LogP contribution >= 0.6 is 0 Å². The van der Waals surface area contributed by atoms with E-state index in [0.717, 1.165) is 29.6 Å². The Labute approximate surface area is 233 Å². The molecule has 1 nitrogen and oxygen atoms in total. The van der Waals surface area contributed by atoms with Crippen molar-refractivity contribution in [3.8, 4) is 12.8 Å². The zero-order valence-electron chi connectivity index (χ0n) is 26.6. The summed E-state index contributed by atoms with van der Waals surface area (Å²) in [5.41, 5.74) is 4.95. The lowest BCUT2D eigenvalue weighted by atomic mass is 9.48. The van der Waals surface area contributed by atoms with Crippen molar-refractivity contribution in [1.29, 1.82) is 0 Å². The van der Waals surface area contributed by atoms with Crippen LogP contribution < -0.4 is 5.32 Å². The average Bonchev–Trinajstić information content (AvgIpc) is 3.28. The van der Waals surface area contributed by atoms with E-state index in [2.05, 4.69) is 78.4 Å². The molecule has 1 N–H and O–H groups in total. The third kappa shape index (κ3) is 7.58. The van der Waals surface area contributed by atoms with E-state index in [1.807, 2.05) is 27.7 Å². The summed E-state index contributed by atoms with van der Waals surface area (Å²) < 4.78 is 0. The lowest BCUT2D eigenvalue weighted by molar-refractivity contribution is -0.0755. The molecule has 0 bridgehead atoms. The Kier molecular flexibility index (Phi) is 13.8. The second-order valence-corrected chi connectivity index (χ2v) is 12.8. The van der Waals surface area contributed by atoms with Crippen LogP contribution in [-0.2, 0) is 0 Å². The second-order valence-electron chi connectivity index (χ2n) is 12.8. The molecule has 6 unspecified atom stereocenters. The second kappa shape index (κ2) is 15.2. The number of hydrogen-bond acceptors (Lipinski definition) is 1. The van der Waals surface area contributed by atoms with Gasteiger partial charge in [-0.05, 0) is 125 Å². The van der Waals surface area contributed by atoms with Gasteiger partial charge < -0.3 is 5.32 Å². The highest BCUT2D eigenvalue weighted by molar-refractivity contribution is 5.21. The van der Waals surface area contributed by atoms with Gasteiger partial charge in [-0.3, -0.25) is 0 Å². The Hall–Kier alpha value is -1.42. The van der Waals surface area contributed by atoms with Gasteiger partial charge in [0, 0.05) is 17.3 Å². The highest BCUT2D eigenvalue weighted by Crippen LogP contribution is 2.66. The summed E-state index contributed by atoms with van der Waals surface area (Å²) in [5, 5.41) is 3.69. The fraction of sp³-hybridized carbons (Fsp3) is 0.778. The molecule has 8 atom stereocenters. The minimum absolute atomic E-state index is 0.460. The number of hydrogen-bond donors (Lipinski definition) is 1. The molecule has 1 heteroatoms. The molecule has 37 heavy (non-hydrogen) atoms. The highest BCUT2D eigenvalue weighted by Gasteiger charge is 2.57. The van der Waals surface area contributed by atoms with Crippen molar-refractivity contribution in [3.63, 3.8) is 0 Å². The fourth-order valence-electron chi connectivity index (χ4n) is 8.75. The highest BCUT2D eigenvalue weighted by atomic mass is 14.9. The van der Waals surface area contributed by atoms with Gasteiger partial charge >= 0.3 is 0 Å². The molecular weight excluding hydrogens is 446 g/mol. The van der Waals surface area contributed by atoms with Gasteiger partial charge in [0.25, 0.3) is 0 Å². The molecule has 4 aliphatic carbocycles. The maximum absolute atomic E-state index is 4.56. The third-order valence-electron chi connectivity index (χ3n) is 10.7. The third-order valence-corrected chi connectivity index (χ3v) is 10.7. The molecule has 4 fully saturated rings. The molecular formula is C36H63N. The molecule has 0 aromatic rings. The normalized spacial score (nSPS) is 37.8. The van der Waals surface area contributed by atoms with Gasteiger partial charge in [-0.2, -0.15) is 0 Å². The van der Waals surface area contributed by atoms with Gasteiger partial charge in [-0.1, -0.05) is 73.1 Å². The van der Waals surface area contributed by atoms with Gasteiger partial charge in [0.2, 0.25) is 0 Å². The van der Waals surface area contributed by atoms with Crippen LogP contribution in [0.25, 0.3) is 0 Å². The number of allylic oxidation sites excluding steroid dienone is 5. The molecule has 0 heterocycles. The topological polar surface area (TPSA) is 12.0 Å². The lowest BCUT2D eigenvalue weighted by Crippen LogP contribution is -2.49. The molecule has 0 radical (unpaired) electrons. The molecule has 4 aliphatic rings. The Balaban J connectivity index is 0.00000106. The van der Waals surface area contributed by atoms with E-state index in [1.54, 1.807) is 0 Å². The molecule has 0 aromatic carbocycles. The van der Waals surface area contributed by atoms with Crippen LogP contribution in [0.5, 0.6) is 0 Å². The summed E-state index contributed by atoms with van der Waals surface area (Å²) in [5.74, 6) is 5.65. The zero-order chi connectivity index (χ0) is 28.4. The Morgan fingerprint density at radius 2 is 1.46 bits per heavy atom. The first-order valence-corrected chi connectivity index (χ1v) is 15.8. The van der Waals surface area contributed by atoms with Crippen molar-refractivity contribution < 1.29 is 0 Å². The lowest BCUT2D eigenvalue weighted by Gasteiger charge is -2.57. The van der Waals surface area contributed by atoms with Crippen molar-refractivity contribution in [2.24, 2.45) is 46.3 Å². The van der Waals surface area contributed by atoms with Crippen LogP contribution in [0, 0.1) is 59.2 Å². The number of fused-ring (bicyclic) bond motifs is 5. The van der Waals surface area contributed by atoms with Crippen LogP contribution in [0.1, 0.15) is 133 Å². The van der Waals surface area contributed by atoms with E-state index in [0.29, 0.717) is 16.7 Å². The zero-order valence-corrected chi connectivity index (χ0v) is 26.6. The predicted octanol–water partition coefficient (Wildman–Crippen LogP) is 10.9. The van der Waals surface area contributed by atoms with Crippen molar-refractivity contribution in [3.05, 3.63) is 35.7 Å². The summed E-state index contributed by atoms with van der Waals surface area (Å²) in [6.07, 6.45) is 27.0. The SMILES string of the molecule is C#C.C=C(N/C(C)=C/C=C(C)C)C1CCC2C3CCC4C[C@@](C)(CC)CCC4[C@H]3CCC12C.CC.CC. The van der Waals surface area contributed by atoms with Gasteiger partial charge in [0.1, 0.15) is 0 Å². The maximum Gasteiger partial charge on any atom is 0.0117 e. The van der Waals surface area contributed by atoms with Gasteiger partial charge in [0.05, 0.1) is 0 Å². The predicted molar refractivity (Wildman–Crippen MR) is 167 cm³/mol. The summed E-state index contributed by atoms with van der Waals surface area (Å²) >= 11 is 0. The van der Waals surface area contributed by atoms with E-state index >= 15 is 0 Å². The molecule has 0 aliphatic heterocycles. The van der Waals surface area contributed by atoms with Crippen molar-refractivity contribution >= 4 is 0 Å². The molecule has 0 spiro atoms. The Morgan fingerprint density at radius 3 is 2.05 bits per heavy atom. The minimum Gasteiger partial charge on any atom is -0.363 e. The van der Waals surface area contributed by atoms with Crippen molar-refractivity contribution in [2.75, 3.05) is 0 Å². The summed E-state index contributed by atoms with van der Waals surface area (Å²) in [4.78, 5) is 0. The van der Waals surface area contributed by atoms with E-state index in [4.69, 9.17) is 0 Å². The smallest absolute Gasteiger partial charge is 0.0117 e. The summed E-state index contributed by atoms with van der Waals surface area (Å²) in [6.45, 7) is 26.7. The fourth-order valence-corrected chi connectivity index (χ4v) is 8.75. The Morgan fingerprint density at radius 1 is 0.838 bits per heavy atom. The number of terminal acetylenes is 1. The largest absolute Gasteiger partial charge is 0.363 e. The van der Waals surface area contributed by atoms with Gasteiger partial charge in [-0.15, -0.1) is 12.8 Å². The van der Waals surface area contributed by atoms with Crippen LogP contribution in [0.4, 0.5) is 0 Å². The van der Waals surface area contributed by atoms with Crippen LogP contribution in [-0.4, -0.2) is 0 Å². The molecule has 0 amide bonds. The number of nitrogens with one attached hydrogen (secondary N) is 1. The summed E-state index contributed by atoms with van der Waals surface area (Å²) in [7, 11) is 0. The quantitative estimate of drug-likeness (QED) is 0.287. The minimum atomic E-state index is 0.460. The van der Waals surface area contributed by atoms with E-state index < -0.39 is 0 Å².